The normalized spacial score (nSPS) is 10.5. The molecule has 1 amide bonds. The van der Waals surface area contributed by atoms with E-state index in [1.165, 1.54) is 23.1 Å². The van der Waals surface area contributed by atoms with Crippen molar-refractivity contribution in [3.63, 3.8) is 0 Å². The van der Waals surface area contributed by atoms with Crippen LogP contribution in [0.5, 0.6) is 5.75 Å². The van der Waals surface area contributed by atoms with Gasteiger partial charge in [-0.25, -0.2) is 0 Å². The van der Waals surface area contributed by atoms with Gasteiger partial charge in [0.1, 0.15) is 5.75 Å². The fraction of sp³-hybridized carbons (Fsp3) is 0.417. The zero-order valence-electron chi connectivity index (χ0n) is 9.97. The van der Waals surface area contributed by atoms with Gasteiger partial charge in [0, 0.05) is 13.1 Å². The molecule has 100 valence electrons. The van der Waals surface area contributed by atoms with Crippen molar-refractivity contribution >= 4 is 5.91 Å². The maximum Gasteiger partial charge on any atom is 0.387 e. The predicted octanol–water partition coefficient (Wildman–Crippen LogP) is 1.74. The smallest absolute Gasteiger partial charge is 0.387 e. The van der Waals surface area contributed by atoms with Gasteiger partial charge in [0.25, 0.3) is 5.91 Å². The molecule has 18 heavy (non-hydrogen) atoms. The number of hydrogen-bond donors (Lipinski definition) is 1. The lowest BCUT2D eigenvalue weighted by Crippen LogP contribution is -2.33. The number of carbonyl (C=O) groups is 1. The predicted molar refractivity (Wildman–Crippen MR) is 61.7 cm³/mol. The first-order valence-electron chi connectivity index (χ1n) is 5.54. The van der Waals surface area contributed by atoms with E-state index in [1.54, 1.807) is 13.0 Å². The first kappa shape index (κ1) is 14.4. The molecule has 1 N–H and O–H groups in total. The Morgan fingerprint density at radius 3 is 2.67 bits per heavy atom. The van der Waals surface area contributed by atoms with E-state index < -0.39 is 12.5 Å². The van der Waals surface area contributed by atoms with Crippen LogP contribution in [0.4, 0.5) is 8.78 Å². The maximum absolute atomic E-state index is 12.2. The number of rotatable bonds is 6. The average Bonchev–Trinajstić information content (AvgIpc) is 2.35. The third-order valence-corrected chi connectivity index (χ3v) is 2.37. The summed E-state index contributed by atoms with van der Waals surface area (Å²) in [5.41, 5.74) is 0.0631. The van der Waals surface area contributed by atoms with Crippen LogP contribution in [0.2, 0.25) is 0 Å². The Kier molecular flexibility index (Phi) is 5.51. The molecule has 0 radical (unpaired) electrons. The topological polar surface area (TPSA) is 49.8 Å². The van der Waals surface area contributed by atoms with Crippen LogP contribution in [0.3, 0.4) is 0 Å². The number of amides is 1. The van der Waals surface area contributed by atoms with Crippen molar-refractivity contribution in [3.8, 4) is 5.75 Å². The molecule has 1 aromatic carbocycles. The van der Waals surface area contributed by atoms with E-state index in [2.05, 4.69) is 4.74 Å². The molecule has 0 saturated carbocycles. The van der Waals surface area contributed by atoms with Crippen LogP contribution >= 0.6 is 0 Å². The summed E-state index contributed by atoms with van der Waals surface area (Å²) in [6, 6.07) is 5.81. The van der Waals surface area contributed by atoms with Crippen molar-refractivity contribution in [2.24, 2.45) is 0 Å². The van der Waals surface area contributed by atoms with Gasteiger partial charge in [-0.1, -0.05) is 12.1 Å². The minimum absolute atomic E-state index is 0.0631. The summed E-state index contributed by atoms with van der Waals surface area (Å²) >= 11 is 0. The van der Waals surface area contributed by atoms with E-state index in [-0.39, 0.29) is 24.5 Å². The van der Waals surface area contributed by atoms with Gasteiger partial charge in [-0.3, -0.25) is 4.79 Å². The molecule has 4 nitrogen and oxygen atoms in total. The number of ether oxygens (including phenoxy) is 1. The second kappa shape index (κ2) is 6.90. The number of nitrogens with zero attached hydrogens (tertiary/aromatic N) is 1. The second-order valence-electron chi connectivity index (χ2n) is 3.48. The highest BCUT2D eigenvalue weighted by molar-refractivity contribution is 5.96. The minimum Gasteiger partial charge on any atom is -0.434 e. The van der Waals surface area contributed by atoms with Crippen LogP contribution in [-0.2, 0) is 0 Å². The number of hydrogen-bond acceptors (Lipinski definition) is 3. The molecule has 0 heterocycles. The number of carbonyl (C=O) groups excluding carboxylic acids is 1. The number of aliphatic hydroxyl groups excluding tert-OH is 1. The minimum atomic E-state index is -2.98. The second-order valence-corrected chi connectivity index (χ2v) is 3.48. The van der Waals surface area contributed by atoms with Crippen molar-refractivity contribution in [3.05, 3.63) is 29.8 Å². The lowest BCUT2D eigenvalue weighted by molar-refractivity contribution is -0.0502. The van der Waals surface area contributed by atoms with E-state index >= 15 is 0 Å². The molecule has 1 aromatic rings. The van der Waals surface area contributed by atoms with Gasteiger partial charge < -0.3 is 14.7 Å². The van der Waals surface area contributed by atoms with Gasteiger partial charge >= 0.3 is 6.61 Å². The van der Waals surface area contributed by atoms with Crippen LogP contribution in [0, 0.1) is 0 Å². The molecule has 0 unspecified atom stereocenters. The quantitative estimate of drug-likeness (QED) is 0.846. The van der Waals surface area contributed by atoms with Gasteiger partial charge in [-0.05, 0) is 19.1 Å². The van der Waals surface area contributed by atoms with Crippen molar-refractivity contribution in [1.82, 2.24) is 4.90 Å². The molecular formula is C12H15F2NO3. The number of alkyl halides is 2. The van der Waals surface area contributed by atoms with E-state index in [9.17, 15) is 13.6 Å². The van der Waals surface area contributed by atoms with Crippen molar-refractivity contribution < 1.29 is 23.4 Å². The summed E-state index contributed by atoms with van der Waals surface area (Å²) in [5, 5.41) is 8.83. The highest BCUT2D eigenvalue weighted by Gasteiger charge is 2.19. The number of benzene rings is 1. The van der Waals surface area contributed by atoms with Gasteiger partial charge in [0.15, 0.2) is 0 Å². The SMILES string of the molecule is CCN(CCO)C(=O)c1ccccc1OC(F)F. The summed E-state index contributed by atoms with van der Waals surface area (Å²) in [4.78, 5) is 13.4. The molecule has 0 bridgehead atoms. The summed E-state index contributed by atoms with van der Waals surface area (Å²) < 4.78 is 28.7. The molecule has 0 spiro atoms. The molecule has 0 saturated heterocycles. The Morgan fingerprint density at radius 2 is 2.11 bits per heavy atom. The Morgan fingerprint density at radius 1 is 1.44 bits per heavy atom. The molecule has 0 aliphatic rings. The zero-order chi connectivity index (χ0) is 13.5. The molecule has 0 aromatic heterocycles. The van der Waals surface area contributed by atoms with Crippen LogP contribution in [0.1, 0.15) is 17.3 Å². The highest BCUT2D eigenvalue weighted by Crippen LogP contribution is 2.21. The number of para-hydroxylation sites is 1. The van der Waals surface area contributed by atoms with E-state index in [4.69, 9.17) is 5.11 Å². The van der Waals surface area contributed by atoms with E-state index in [0.29, 0.717) is 6.54 Å². The molecular weight excluding hydrogens is 244 g/mol. The van der Waals surface area contributed by atoms with Crippen LogP contribution in [0.25, 0.3) is 0 Å². The lowest BCUT2D eigenvalue weighted by Gasteiger charge is -2.21. The number of halogens is 2. The summed E-state index contributed by atoms with van der Waals surface area (Å²) in [6.07, 6.45) is 0. The first-order valence-corrected chi connectivity index (χ1v) is 5.54. The lowest BCUT2D eigenvalue weighted by atomic mass is 10.1. The zero-order valence-corrected chi connectivity index (χ0v) is 9.97. The Bertz CT molecular complexity index is 399. The molecule has 0 aliphatic carbocycles. The van der Waals surface area contributed by atoms with Gasteiger partial charge in [-0.15, -0.1) is 0 Å². The standard InChI is InChI=1S/C12H15F2NO3/c1-2-15(7-8-16)11(17)9-5-3-4-6-10(9)18-12(13)14/h3-6,12,16H,2,7-8H2,1H3. The highest BCUT2D eigenvalue weighted by atomic mass is 19.3. The molecule has 0 atom stereocenters. The van der Waals surface area contributed by atoms with Crippen molar-refractivity contribution in [1.29, 1.82) is 0 Å². The summed E-state index contributed by atoms with van der Waals surface area (Å²) in [6.45, 7) is -0.894. The van der Waals surface area contributed by atoms with Crippen molar-refractivity contribution in [2.75, 3.05) is 19.7 Å². The van der Waals surface area contributed by atoms with Gasteiger partial charge in [0.2, 0.25) is 0 Å². The summed E-state index contributed by atoms with van der Waals surface area (Å²) in [5.74, 6) is -0.600. The Balaban J connectivity index is 2.96. The molecule has 0 aliphatic heterocycles. The van der Waals surface area contributed by atoms with E-state index in [1.807, 2.05) is 0 Å². The number of likely N-dealkylation sites (N-methyl/N-ethyl adjacent to an activating group) is 1. The monoisotopic (exact) mass is 259 g/mol. The number of aliphatic hydroxyl groups is 1. The van der Waals surface area contributed by atoms with Crippen LogP contribution < -0.4 is 4.74 Å². The summed E-state index contributed by atoms with van der Waals surface area (Å²) in [7, 11) is 0. The average molecular weight is 259 g/mol. The maximum atomic E-state index is 12.2. The molecule has 0 fully saturated rings. The van der Waals surface area contributed by atoms with Crippen molar-refractivity contribution in [2.45, 2.75) is 13.5 Å². The molecule has 1 rings (SSSR count). The van der Waals surface area contributed by atoms with Gasteiger partial charge in [-0.2, -0.15) is 8.78 Å². The van der Waals surface area contributed by atoms with Crippen LogP contribution in [-0.4, -0.2) is 42.2 Å². The Hall–Kier alpha value is -1.69. The van der Waals surface area contributed by atoms with Crippen LogP contribution in [0.15, 0.2) is 24.3 Å². The third-order valence-electron chi connectivity index (χ3n) is 2.37. The fourth-order valence-corrected chi connectivity index (χ4v) is 1.54. The van der Waals surface area contributed by atoms with E-state index in [0.717, 1.165) is 0 Å². The Labute approximate surface area is 104 Å². The fourth-order valence-electron chi connectivity index (χ4n) is 1.54. The third kappa shape index (κ3) is 3.66. The molecule has 6 heteroatoms. The first-order chi connectivity index (χ1) is 8.60. The largest absolute Gasteiger partial charge is 0.434 e. The van der Waals surface area contributed by atoms with Gasteiger partial charge in [0.05, 0.1) is 12.2 Å².